The first-order chi connectivity index (χ1) is 11.4. The molecule has 0 saturated heterocycles. The number of benzene rings is 2. The molecule has 0 unspecified atom stereocenters. The second-order valence-electron chi connectivity index (χ2n) is 5.44. The Labute approximate surface area is 144 Å². The summed E-state index contributed by atoms with van der Waals surface area (Å²) >= 11 is 1.53. The van der Waals surface area contributed by atoms with E-state index < -0.39 is 5.97 Å². The molecular weight excluding hydrogens is 324 g/mol. The van der Waals surface area contributed by atoms with Crippen molar-refractivity contribution in [2.24, 2.45) is 0 Å². The number of ketones is 1. The Morgan fingerprint density at radius 1 is 1.12 bits per heavy atom. The van der Waals surface area contributed by atoms with Crippen molar-refractivity contribution in [3.8, 4) is 5.75 Å². The van der Waals surface area contributed by atoms with Gasteiger partial charge in [0.25, 0.3) is 0 Å². The maximum Gasteiger partial charge on any atom is 0.335 e. The smallest absolute Gasteiger partial charge is 0.335 e. The number of carbonyl (C=O) groups excluding carboxylic acids is 1. The minimum atomic E-state index is -0.985. The van der Waals surface area contributed by atoms with Crippen LogP contribution in [0.15, 0.2) is 53.4 Å². The normalized spacial score (nSPS) is 11.1. The zero-order valence-electron chi connectivity index (χ0n) is 13.4. The summed E-state index contributed by atoms with van der Waals surface area (Å²) in [4.78, 5) is 24.1. The van der Waals surface area contributed by atoms with E-state index in [-0.39, 0.29) is 27.9 Å². The first-order valence-corrected chi connectivity index (χ1v) is 8.31. The fourth-order valence-corrected chi connectivity index (χ4v) is 3.07. The van der Waals surface area contributed by atoms with Crippen molar-refractivity contribution in [3.63, 3.8) is 0 Å². The third kappa shape index (κ3) is 4.49. The Bertz CT molecular complexity index is 794. The predicted molar refractivity (Wildman–Crippen MR) is 95.9 cm³/mol. The van der Waals surface area contributed by atoms with Crippen LogP contribution in [-0.4, -0.2) is 27.2 Å². The number of thioether (sulfide) groups is 1. The summed E-state index contributed by atoms with van der Waals surface area (Å²) in [6.45, 7) is 4.03. The summed E-state index contributed by atoms with van der Waals surface area (Å²) in [5, 5.41) is 19.1. The van der Waals surface area contributed by atoms with Crippen LogP contribution in [0.1, 0.15) is 40.1 Å². The predicted octanol–water partition coefficient (Wildman–Crippen LogP) is 4.49. The minimum Gasteiger partial charge on any atom is -0.507 e. The summed E-state index contributed by atoms with van der Waals surface area (Å²) in [6.07, 6.45) is 3.03. The first kappa shape index (κ1) is 17.8. The molecule has 2 N–H and O–H groups in total. The molecule has 0 atom stereocenters. The number of carboxylic acids is 1. The lowest BCUT2D eigenvalue weighted by atomic mass is 10.1. The van der Waals surface area contributed by atoms with E-state index in [0.29, 0.717) is 0 Å². The van der Waals surface area contributed by atoms with Gasteiger partial charge >= 0.3 is 5.97 Å². The molecule has 0 bridgehead atoms. The molecule has 5 heteroatoms. The van der Waals surface area contributed by atoms with Crippen molar-refractivity contribution in [2.45, 2.75) is 24.0 Å². The average Bonchev–Trinajstić information content (AvgIpc) is 2.53. The van der Waals surface area contributed by atoms with Crippen LogP contribution in [0.5, 0.6) is 5.75 Å². The van der Waals surface area contributed by atoms with Gasteiger partial charge in [0.1, 0.15) is 5.75 Å². The molecule has 0 aliphatic heterocycles. The molecule has 24 heavy (non-hydrogen) atoms. The Hall–Kier alpha value is -2.53. The zero-order chi connectivity index (χ0) is 17.7. The number of phenolic OH excluding ortho intramolecular Hbond substituents is 1. The number of phenols is 1. The van der Waals surface area contributed by atoms with E-state index in [9.17, 15) is 14.7 Å². The van der Waals surface area contributed by atoms with Gasteiger partial charge in [-0.2, -0.15) is 0 Å². The van der Waals surface area contributed by atoms with Crippen LogP contribution < -0.4 is 0 Å². The standard InChI is InChI=1S/C19H18O4S/c1-12(2)24-18-11-14(19(22)23)8-7-13(18)9-10-17(21)15-5-3-4-6-16(15)20/h3-12,20H,1-2H3,(H,22,23)/b10-9+. The molecule has 0 amide bonds. The van der Waals surface area contributed by atoms with E-state index in [1.807, 2.05) is 13.8 Å². The molecule has 4 nitrogen and oxygen atoms in total. The monoisotopic (exact) mass is 342 g/mol. The second kappa shape index (κ2) is 7.84. The second-order valence-corrected chi connectivity index (χ2v) is 7.06. The lowest BCUT2D eigenvalue weighted by molar-refractivity contribution is 0.0696. The van der Waals surface area contributed by atoms with Gasteiger partial charge in [0, 0.05) is 10.1 Å². The van der Waals surface area contributed by atoms with Gasteiger partial charge < -0.3 is 10.2 Å². The first-order valence-electron chi connectivity index (χ1n) is 7.43. The number of hydrogen-bond acceptors (Lipinski definition) is 4. The molecule has 2 rings (SSSR count). The molecule has 0 fully saturated rings. The molecule has 0 saturated carbocycles. The van der Waals surface area contributed by atoms with Gasteiger partial charge in [-0.25, -0.2) is 4.79 Å². The van der Waals surface area contributed by atoms with Crippen LogP contribution >= 0.6 is 11.8 Å². The van der Waals surface area contributed by atoms with Gasteiger partial charge in [-0.3, -0.25) is 4.79 Å². The summed E-state index contributed by atoms with van der Waals surface area (Å²) in [5.41, 5.74) is 1.21. The van der Waals surface area contributed by atoms with Crippen LogP contribution in [0.2, 0.25) is 0 Å². The molecular formula is C19H18O4S. The van der Waals surface area contributed by atoms with Crippen LogP contribution in [0.3, 0.4) is 0 Å². The fraction of sp³-hybridized carbons (Fsp3) is 0.158. The molecule has 0 radical (unpaired) electrons. The SMILES string of the molecule is CC(C)Sc1cc(C(=O)O)ccc1/C=C/C(=O)c1ccccc1O. The Balaban J connectivity index is 2.32. The summed E-state index contributed by atoms with van der Waals surface area (Å²) < 4.78 is 0. The van der Waals surface area contributed by atoms with Gasteiger partial charge in [0.05, 0.1) is 11.1 Å². The molecule has 2 aromatic rings. The highest BCUT2D eigenvalue weighted by molar-refractivity contribution is 8.00. The number of hydrogen-bond donors (Lipinski definition) is 2. The fourth-order valence-electron chi connectivity index (χ4n) is 2.10. The molecule has 0 aliphatic rings. The van der Waals surface area contributed by atoms with Gasteiger partial charge in [-0.05, 0) is 42.0 Å². The van der Waals surface area contributed by atoms with E-state index in [2.05, 4.69) is 0 Å². The average molecular weight is 342 g/mol. The van der Waals surface area contributed by atoms with Gasteiger partial charge in [-0.15, -0.1) is 11.8 Å². The van der Waals surface area contributed by atoms with Crippen molar-refractivity contribution in [1.82, 2.24) is 0 Å². The number of aromatic carboxylic acids is 1. The highest BCUT2D eigenvalue weighted by Crippen LogP contribution is 2.29. The van der Waals surface area contributed by atoms with Gasteiger partial charge in [0.15, 0.2) is 5.78 Å². The number of carbonyl (C=O) groups is 2. The van der Waals surface area contributed by atoms with Crippen LogP contribution in [0, 0.1) is 0 Å². The van der Waals surface area contributed by atoms with E-state index in [1.54, 1.807) is 36.4 Å². The summed E-state index contributed by atoms with van der Waals surface area (Å²) in [7, 11) is 0. The van der Waals surface area contributed by atoms with Crippen molar-refractivity contribution < 1.29 is 19.8 Å². The molecule has 0 aromatic heterocycles. The topological polar surface area (TPSA) is 74.6 Å². The molecule has 0 spiro atoms. The lowest BCUT2D eigenvalue weighted by Crippen LogP contribution is -1.99. The summed E-state index contributed by atoms with van der Waals surface area (Å²) in [6, 6.07) is 11.2. The van der Waals surface area contributed by atoms with Gasteiger partial charge in [0.2, 0.25) is 0 Å². The number of para-hydroxylation sites is 1. The number of allylic oxidation sites excluding steroid dienone is 1. The Morgan fingerprint density at radius 3 is 2.46 bits per heavy atom. The van der Waals surface area contributed by atoms with Crippen molar-refractivity contribution in [2.75, 3.05) is 0 Å². The zero-order valence-corrected chi connectivity index (χ0v) is 14.2. The highest BCUT2D eigenvalue weighted by Gasteiger charge is 2.11. The lowest BCUT2D eigenvalue weighted by Gasteiger charge is -2.10. The summed E-state index contributed by atoms with van der Waals surface area (Å²) in [5.74, 6) is -1.36. The van der Waals surface area contributed by atoms with Crippen molar-refractivity contribution in [3.05, 3.63) is 65.2 Å². The minimum absolute atomic E-state index is 0.0647. The Kier molecular flexibility index (Phi) is 5.82. The maximum atomic E-state index is 12.2. The maximum absolute atomic E-state index is 12.2. The largest absolute Gasteiger partial charge is 0.507 e. The highest BCUT2D eigenvalue weighted by atomic mass is 32.2. The van der Waals surface area contributed by atoms with Crippen LogP contribution in [0.25, 0.3) is 6.08 Å². The molecule has 0 heterocycles. The third-order valence-corrected chi connectivity index (χ3v) is 4.29. The Morgan fingerprint density at radius 2 is 1.83 bits per heavy atom. The molecule has 2 aromatic carbocycles. The van der Waals surface area contributed by atoms with Crippen molar-refractivity contribution >= 4 is 29.6 Å². The van der Waals surface area contributed by atoms with Crippen molar-refractivity contribution in [1.29, 1.82) is 0 Å². The molecule has 0 aliphatic carbocycles. The number of carboxylic acid groups (broad SMARTS) is 1. The quantitative estimate of drug-likeness (QED) is 0.460. The third-order valence-electron chi connectivity index (χ3n) is 3.21. The van der Waals surface area contributed by atoms with Crippen LogP contribution in [-0.2, 0) is 0 Å². The number of rotatable bonds is 6. The van der Waals surface area contributed by atoms with E-state index >= 15 is 0 Å². The van der Waals surface area contributed by atoms with E-state index in [1.165, 1.54) is 30.0 Å². The van der Waals surface area contributed by atoms with E-state index in [0.717, 1.165) is 10.5 Å². The van der Waals surface area contributed by atoms with Gasteiger partial charge in [-0.1, -0.05) is 32.0 Å². The van der Waals surface area contributed by atoms with Crippen LogP contribution in [0.4, 0.5) is 0 Å². The molecule has 124 valence electrons. The van der Waals surface area contributed by atoms with E-state index in [4.69, 9.17) is 5.11 Å². The number of aromatic hydroxyl groups is 1.